The van der Waals surface area contributed by atoms with E-state index in [-0.39, 0.29) is 0 Å². The number of rotatable bonds is 1. The van der Waals surface area contributed by atoms with E-state index < -0.39 is 0 Å². The van der Waals surface area contributed by atoms with Gasteiger partial charge in [-0.3, -0.25) is 0 Å². The summed E-state index contributed by atoms with van der Waals surface area (Å²) in [6.07, 6.45) is 0. The molecule has 0 bridgehead atoms. The van der Waals surface area contributed by atoms with E-state index in [9.17, 15) is 5.26 Å². The first-order valence-corrected chi connectivity index (χ1v) is 10.0. The lowest BCUT2D eigenvalue weighted by Crippen LogP contribution is -1.96. The Morgan fingerprint density at radius 1 is 0.643 bits per heavy atom. The molecule has 2 heterocycles. The van der Waals surface area contributed by atoms with Crippen molar-refractivity contribution in [3.63, 3.8) is 0 Å². The van der Waals surface area contributed by atoms with Gasteiger partial charge in [0.15, 0.2) is 0 Å². The predicted octanol–water partition coefficient (Wildman–Crippen LogP) is 7.02. The Kier molecular flexibility index (Phi) is 3.14. The van der Waals surface area contributed by atoms with Crippen molar-refractivity contribution in [3.05, 3.63) is 90.5 Å². The third-order valence-electron chi connectivity index (χ3n) is 5.44. The minimum Gasteiger partial charge on any atom is -0.308 e. The highest BCUT2D eigenvalue weighted by molar-refractivity contribution is 7.26. The van der Waals surface area contributed by atoms with Gasteiger partial charge in [0, 0.05) is 30.9 Å². The Morgan fingerprint density at radius 3 is 2.29 bits per heavy atom. The van der Waals surface area contributed by atoms with Gasteiger partial charge in [0.25, 0.3) is 0 Å². The van der Waals surface area contributed by atoms with Gasteiger partial charge in [0.05, 0.1) is 22.3 Å². The van der Waals surface area contributed by atoms with E-state index in [0.29, 0.717) is 5.56 Å². The standard InChI is InChI=1S/C25H14N2S/c26-15-16-7-1-4-10-19(16)27-20-11-5-2-8-17(20)24-21(27)13-14-23-25(24)18-9-3-6-12-22(18)28-23/h1-14H. The van der Waals surface area contributed by atoms with Crippen LogP contribution in [-0.2, 0) is 0 Å². The van der Waals surface area contributed by atoms with Gasteiger partial charge >= 0.3 is 0 Å². The summed E-state index contributed by atoms with van der Waals surface area (Å²) >= 11 is 1.84. The van der Waals surface area contributed by atoms with Crippen LogP contribution >= 0.6 is 11.3 Å². The average Bonchev–Trinajstić information content (AvgIpc) is 3.29. The zero-order valence-electron chi connectivity index (χ0n) is 14.9. The van der Waals surface area contributed by atoms with Crippen LogP contribution in [0.4, 0.5) is 0 Å². The Labute approximate surface area is 165 Å². The maximum absolute atomic E-state index is 9.68. The van der Waals surface area contributed by atoms with Crippen LogP contribution in [0.2, 0.25) is 0 Å². The average molecular weight is 374 g/mol. The molecule has 2 nitrogen and oxygen atoms in total. The molecule has 6 rings (SSSR count). The normalized spacial score (nSPS) is 11.5. The van der Waals surface area contributed by atoms with Crippen LogP contribution < -0.4 is 0 Å². The van der Waals surface area contributed by atoms with Crippen molar-refractivity contribution in [1.29, 1.82) is 5.26 Å². The van der Waals surface area contributed by atoms with E-state index in [1.54, 1.807) is 0 Å². The molecule has 0 aliphatic heterocycles. The summed E-state index contributed by atoms with van der Waals surface area (Å²) in [7, 11) is 0. The van der Waals surface area contributed by atoms with Crippen molar-refractivity contribution in [3.8, 4) is 11.8 Å². The zero-order valence-corrected chi connectivity index (χ0v) is 15.7. The van der Waals surface area contributed by atoms with Crippen molar-refractivity contribution in [2.75, 3.05) is 0 Å². The number of para-hydroxylation sites is 2. The SMILES string of the molecule is N#Cc1ccccc1-n1c2ccccc2c2c3c(ccc21)sc1ccccc13. The molecule has 2 aromatic heterocycles. The largest absolute Gasteiger partial charge is 0.308 e. The quantitative estimate of drug-likeness (QED) is 0.304. The van der Waals surface area contributed by atoms with Gasteiger partial charge in [-0.2, -0.15) is 5.26 Å². The Morgan fingerprint density at radius 2 is 1.39 bits per heavy atom. The molecule has 28 heavy (non-hydrogen) atoms. The lowest BCUT2D eigenvalue weighted by Gasteiger charge is -2.09. The fourth-order valence-electron chi connectivity index (χ4n) is 4.30. The first kappa shape index (κ1) is 15.4. The minimum atomic E-state index is 0.681. The maximum atomic E-state index is 9.68. The van der Waals surface area contributed by atoms with E-state index in [1.165, 1.54) is 30.9 Å². The molecule has 0 saturated heterocycles. The Bertz CT molecular complexity index is 1580. The lowest BCUT2D eigenvalue weighted by atomic mass is 10.1. The molecule has 0 amide bonds. The molecule has 0 fully saturated rings. The predicted molar refractivity (Wildman–Crippen MR) is 118 cm³/mol. The number of hydrogen-bond donors (Lipinski definition) is 0. The van der Waals surface area contributed by atoms with Crippen LogP contribution in [0.15, 0.2) is 84.9 Å². The molecule has 4 aromatic carbocycles. The van der Waals surface area contributed by atoms with Crippen LogP contribution in [0.1, 0.15) is 5.56 Å². The topological polar surface area (TPSA) is 28.7 Å². The van der Waals surface area contributed by atoms with E-state index in [2.05, 4.69) is 71.3 Å². The van der Waals surface area contributed by atoms with Crippen molar-refractivity contribution in [2.45, 2.75) is 0 Å². The van der Waals surface area contributed by atoms with Crippen molar-refractivity contribution < 1.29 is 0 Å². The lowest BCUT2D eigenvalue weighted by molar-refractivity contribution is 1.17. The molecule has 0 N–H and O–H groups in total. The fraction of sp³-hybridized carbons (Fsp3) is 0. The van der Waals surface area contributed by atoms with Crippen LogP contribution in [0.25, 0.3) is 47.7 Å². The van der Waals surface area contributed by atoms with E-state index in [0.717, 1.165) is 16.7 Å². The van der Waals surface area contributed by atoms with Gasteiger partial charge < -0.3 is 4.57 Å². The number of aromatic nitrogens is 1. The molecular formula is C25H14N2S. The van der Waals surface area contributed by atoms with Gasteiger partial charge in [-0.15, -0.1) is 11.3 Å². The molecule has 0 aliphatic carbocycles. The molecule has 130 valence electrons. The number of fused-ring (bicyclic) bond motifs is 7. The second-order valence-corrected chi connectivity index (χ2v) is 8.00. The molecule has 0 unspecified atom stereocenters. The summed E-state index contributed by atoms with van der Waals surface area (Å²) in [5.74, 6) is 0. The molecule has 3 heteroatoms. The monoisotopic (exact) mass is 374 g/mol. The van der Waals surface area contributed by atoms with Crippen molar-refractivity contribution >= 4 is 53.3 Å². The van der Waals surface area contributed by atoms with Crippen LogP contribution in [0.3, 0.4) is 0 Å². The molecular weight excluding hydrogens is 360 g/mol. The second kappa shape index (κ2) is 5.69. The summed E-state index contributed by atoms with van der Waals surface area (Å²) in [5, 5.41) is 14.8. The number of thiophene rings is 1. The first-order valence-electron chi connectivity index (χ1n) is 9.20. The highest BCUT2D eigenvalue weighted by Crippen LogP contribution is 2.43. The number of hydrogen-bond acceptors (Lipinski definition) is 2. The third-order valence-corrected chi connectivity index (χ3v) is 6.58. The molecule has 6 aromatic rings. The number of nitriles is 1. The summed E-state index contributed by atoms with van der Waals surface area (Å²) in [4.78, 5) is 0. The summed E-state index contributed by atoms with van der Waals surface area (Å²) < 4.78 is 4.83. The smallest absolute Gasteiger partial charge is 0.101 e. The van der Waals surface area contributed by atoms with Crippen molar-refractivity contribution in [1.82, 2.24) is 4.57 Å². The molecule has 0 radical (unpaired) electrons. The van der Waals surface area contributed by atoms with E-state index in [1.807, 2.05) is 35.6 Å². The molecule has 0 saturated carbocycles. The Hall–Kier alpha value is -3.61. The van der Waals surface area contributed by atoms with E-state index in [4.69, 9.17) is 0 Å². The summed E-state index contributed by atoms with van der Waals surface area (Å²) in [6, 6.07) is 31.7. The number of benzene rings is 4. The van der Waals surface area contributed by atoms with Crippen molar-refractivity contribution in [2.24, 2.45) is 0 Å². The summed E-state index contributed by atoms with van der Waals surface area (Å²) in [6.45, 7) is 0. The van der Waals surface area contributed by atoms with Gasteiger partial charge in [0.2, 0.25) is 0 Å². The first-order chi connectivity index (χ1) is 13.9. The van der Waals surface area contributed by atoms with Crippen LogP contribution in [-0.4, -0.2) is 4.57 Å². The highest BCUT2D eigenvalue weighted by atomic mass is 32.1. The van der Waals surface area contributed by atoms with Crippen LogP contribution in [0, 0.1) is 11.3 Å². The number of nitrogens with zero attached hydrogens (tertiary/aromatic N) is 2. The maximum Gasteiger partial charge on any atom is 0.101 e. The van der Waals surface area contributed by atoms with Gasteiger partial charge in [0.1, 0.15) is 6.07 Å². The van der Waals surface area contributed by atoms with Gasteiger partial charge in [-0.1, -0.05) is 48.5 Å². The summed E-state index contributed by atoms with van der Waals surface area (Å²) in [5.41, 5.74) is 3.87. The fourth-order valence-corrected chi connectivity index (χ4v) is 5.41. The third kappa shape index (κ3) is 1.95. The van der Waals surface area contributed by atoms with Gasteiger partial charge in [-0.25, -0.2) is 0 Å². The minimum absolute atomic E-state index is 0.681. The highest BCUT2D eigenvalue weighted by Gasteiger charge is 2.18. The van der Waals surface area contributed by atoms with Gasteiger partial charge in [-0.05, 0) is 36.4 Å². The second-order valence-electron chi connectivity index (χ2n) is 6.91. The molecule has 0 aliphatic rings. The van der Waals surface area contributed by atoms with E-state index >= 15 is 0 Å². The molecule has 0 atom stereocenters. The zero-order chi connectivity index (χ0) is 18.7. The Balaban J connectivity index is 1.91. The molecule has 0 spiro atoms. The van der Waals surface area contributed by atoms with Crippen LogP contribution in [0.5, 0.6) is 0 Å².